The summed E-state index contributed by atoms with van der Waals surface area (Å²) in [6.07, 6.45) is 3.54. The first-order chi connectivity index (χ1) is 12.2. The van der Waals surface area contributed by atoms with Crippen molar-refractivity contribution in [3.63, 3.8) is 0 Å². The zero-order valence-electron chi connectivity index (χ0n) is 14.6. The Labute approximate surface area is 148 Å². The molecule has 0 aromatic heterocycles. The van der Waals surface area contributed by atoms with Crippen LogP contribution in [0.15, 0.2) is 18.2 Å². The van der Waals surface area contributed by atoms with Crippen molar-refractivity contribution in [2.45, 2.75) is 44.2 Å². The molecule has 25 heavy (non-hydrogen) atoms. The predicted octanol–water partition coefficient (Wildman–Crippen LogP) is 1.20. The van der Waals surface area contributed by atoms with E-state index < -0.39 is 6.04 Å². The van der Waals surface area contributed by atoms with Gasteiger partial charge in [-0.05, 0) is 55.5 Å². The number of carbonyl (C=O) groups is 3. The Balaban J connectivity index is 1.88. The molecular formula is C19H25N3O3. The van der Waals surface area contributed by atoms with Gasteiger partial charge in [0.1, 0.15) is 12.3 Å². The average molecular weight is 343 g/mol. The number of nitrogens with zero attached hydrogens (tertiary/aromatic N) is 1. The monoisotopic (exact) mass is 343 g/mol. The van der Waals surface area contributed by atoms with E-state index in [2.05, 4.69) is 16.7 Å². The van der Waals surface area contributed by atoms with E-state index in [1.54, 1.807) is 11.9 Å². The second kappa shape index (κ2) is 7.78. The zero-order chi connectivity index (χ0) is 17.8. The lowest BCUT2D eigenvalue weighted by molar-refractivity contribution is -0.125. The van der Waals surface area contributed by atoms with E-state index in [4.69, 9.17) is 0 Å². The summed E-state index contributed by atoms with van der Waals surface area (Å²) in [5.41, 5.74) is 3.00. The molecule has 0 saturated carbocycles. The van der Waals surface area contributed by atoms with Gasteiger partial charge in [-0.2, -0.15) is 0 Å². The van der Waals surface area contributed by atoms with Gasteiger partial charge in [0.15, 0.2) is 0 Å². The van der Waals surface area contributed by atoms with E-state index in [1.807, 2.05) is 12.1 Å². The highest BCUT2D eigenvalue weighted by molar-refractivity contribution is 6.01. The summed E-state index contributed by atoms with van der Waals surface area (Å²) in [4.78, 5) is 37.5. The van der Waals surface area contributed by atoms with Crippen molar-refractivity contribution in [3.8, 4) is 0 Å². The van der Waals surface area contributed by atoms with Gasteiger partial charge in [-0.25, -0.2) is 0 Å². The van der Waals surface area contributed by atoms with E-state index in [9.17, 15) is 14.4 Å². The van der Waals surface area contributed by atoms with Gasteiger partial charge in [0, 0.05) is 25.6 Å². The fourth-order valence-corrected chi connectivity index (χ4v) is 3.97. The summed E-state index contributed by atoms with van der Waals surface area (Å²) in [6, 6.07) is 5.31. The molecular weight excluding hydrogens is 318 g/mol. The van der Waals surface area contributed by atoms with Crippen molar-refractivity contribution in [1.82, 2.24) is 15.5 Å². The number of likely N-dealkylation sites (N-methyl/N-ethyl adjacent to an activating group) is 1. The molecule has 3 rings (SSSR count). The van der Waals surface area contributed by atoms with Gasteiger partial charge in [-0.1, -0.05) is 12.1 Å². The first-order valence-corrected chi connectivity index (χ1v) is 8.96. The Kier molecular flexibility index (Phi) is 5.48. The molecule has 6 heteroatoms. The zero-order valence-corrected chi connectivity index (χ0v) is 14.6. The van der Waals surface area contributed by atoms with Crippen LogP contribution in [0.5, 0.6) is 0 Å². The first-order valence-electron chi connectivity index (χ1n) is 8.96. The number of carbonyl (C=O) groups excluding carboxylic acids is 3. The maximum atomic E-state index is 12.9. The van der Waals surface area contributed by atoms with Crippen LogP contribution in [0.4, 0.5) is 0 Å². The predicted molar refractivity (Wildman–Crippen MR) is 94.3 cm³/mol. The standard InChI is InChI=1S/C19H25N3O3/c1-20-18(24)17(6-3-11-23)22-12-16-14(13-7-9-21-10-8-13)4-2-5-15(16)19(22)25/h2,4-5,11,13,17,21H,3,6-10,12H2,1H3,(H,20,24). The third-order valence-corrected chi connectivity index (χ3v) is 5.29. The number of piperidine rings is 1. The number of rotatable bonds is 6. The number of aldehydes is 1. The number of hydrogen-bond donors (Lipinski definition) is 2. The van der Waals surface area contributed by atoms with Crippen molar-refractivity contribution < 1.29 is 14.4 Å². The Morgan fingerprint density at radius 1 is 1.40 bits per heavy atom. The summed E-state index contributed by atoms with van der Waals surface area (Å²) in [5.74, 6) is 0.133. The lowest BCUT2D eigenvalue weighted by atomic mass is 9.86. The molecule has 0 bridgehead atoms. The number of benzene rings is 1. The van der Waals surface area contributed by atoms with E-state index in [1.165, 1.54) is 5.56 Å². The van der Waals surface area contributed by atoms with Gasteiger partial charge in [0.2, 0.25) is 5.91 Å². The molecule has 2 heterocycles. The Morgan fingerprint density at radius 3 is 2.84 bits per heavy atom. The Morgan fingerprint density at radius 2 is 2.16 bits per heavy atom. The van der Waals surface area contributed by atoms with Crippen LogP contribution in [0.25, 0.3) is 0 Å². The second-order valence-corrected chi connectivity index (χ2v) is 6.70. The Hall–Kier alpha value is -2.21. The smallest absolute Gasteiger partial charge is 0.255 e. The maximum Gasteiger partial charge on any atom is 0.255 e. The fraction of sp³-hybridized carbons (Fsp3) is 0.526. The van der Waals surface area contributed by atoms with Gasteiger partial charge in [0.05, 0.1) is 0 Å². The molecule has 1 aromatic rings. The maximum absolute atomic E-state index is 12.9. The third-order valence-electron chi connectivity index (χ3n) is 5.29. The van der Waals surface area contributed by atoms with Gasteiger partial charge < -0.3 is 20.3 Å². The molecule has 2 amide bonds. The van der Waals surface area contributed by atoms with Crippen LogP contribution in [0.3, 0.4) is 0 Å². The molecule has 2 N–H and O–H groups in total. The summed E-state index contributed by atoms with van der Waals surface area (Å²) in [6.45, 7) is 2.43. The molecule has 134 valence electrons. The van der Waals surface area contributed by atoms with Crippen LogP contribution >= 0.6 is 0 Å². The third kappa shape index (κ3) is 3.44. The lowest BCUT2D eigenvalue weighted by Crippen LogP contribution is -2.46. The number of fused-ring (bicyclic) bond motifs is 1. The molecule has 1 saturated heterocycles. The quantitative estimate of drug-likeness (QED) is 0.761. The van der Waals surface area contributed by atoms with Crippen molar-refractivity contribution in [3.05, 3.63) is 34.9 Å². The molecule has 1 unspecified atom stereocenters. The van der Waals surface area contributed by atoms with Gasteiger partial charge in [0.25, 0.3) is 5.91 Å². The molecule has 2 aliphatic heterocycles. The number of hydrogen-bond acceptors (Lipinski definition) is 4. The highest BCUT2D eigenvalue weighted by Crippen LogP contribution is 2.35. The highest BCUT2D eigenvalue weighted by atomic mass is 16.2. The molecule has 0 spiro atoms. The van der Waals surface area contributed by atoms with Gasteiger partial charge >= 0.3 is 0 Å². The van der Waals surface area contributed by atoms with Crippen LogP contribution in [0.1, 0.15) is 53.1 Å². The fourth-order valence-electron chi connectivity index (χ4n) is 3.97. The minimum absolute atomic E-state index is 0.106. The van der Waals surface area contributed by atoms with Crippen LogP contribution < -0.4 is 10.6 Å². The molecule has 1 aromatic carbocycles. The molecule has 1 atom stereocenters. The van der Waals surface area contributed by atoms with Crippen LogP contribution in [-0.2, 0) is 16.1 Å². The van der Waals surface area contributed by atoms with Gasteiger partial charge in [-0.3, -0.25) is 9.59 Å². The normalized spacial score (nSPS) is 18.8. The summed E-state index contributed by atoms with van der Waals surface area (Å²) < 4.78 is 0. The van der Waals surface area contributed by atoms with Crippen molar-refractivity contribution in [2.75, 3.05) is 20.1 Å². The van der Waals surface area contributed by atoms with Crippen molar-refractivity contribution in [2.24, 2.45) is 0 Å². The second-order valence-electron chi connectivity index (χ2n) is 6.70. The molecule has 2 aliphatic rings. The van der Waals surface area contributed by atoms with Crippen molar-refractivity contribution in [1.29, 1.82) is 0 Å². The van der Waals surface area contributed by atoms with Crippen LogP contribution in [0, 0.1) is 0 Å². The molecule has 0 aliphatic carbocycles. The number of nitrogens with one attached hydrogen (secondary N) is 2. The lowest BCUT2D eigenvalue weighted by Gasteiger charge is -2.27. The first kappa shape index (κ1) is 17.6. The minimum Gasteiger partial charge on any atom is -0.357 e. The molecule has 0 radical (unpaired) electrons. The summed E-state index contributed by atoms with van der Waals surface area (Å²) in [5, 5.41) is 5.99. The van der Waals surface area contributed by atoms with Crippen LogP contribution in [-0.4, -0.2) is 49.2 Å². The van der Waals surface area contributed by atoms with Crippen molar-refractivity contribution >= 4 is 18.1 Å². The SMILES string of the molecule is CNC(=O)C(CCC=O)N1Cc2c(cccc2C2CCNCC2)C1=O. The van der Waals surface area contributed by atoms with Crippen LogP contribution in [0.2, 0.25) is 0 Å². The average Bonchev–Trinajstić information content (AvgIpc) is 2.99. The van der Waals surface area contributed by atoms with E-state index in [0.717, 1.165) is 37.8 Å². The number of amides is 2. The van der Waals surface area contributed by atoms with E-state index in [0.29, 0.717) is 24.4 Å². The molecule has 1 fully saturated rings. The van der Waals surface area contributed by atoms with E-state index in [-0.39, 0.29) is 18.2 Å². The summed E-state index contributed by atoms with van der Waals surface area (Å²) >= 11 is 0. The topological polar surface area (TPSA) is 78.5 Å². The molecule has 6 nitrogen and oxygen atoms in total. The van der Waals surface area contributed by atoms with Gasteiger partial charge in [-0.15, -0.1) is 0 Å². The highest BCUT2D eigenvalue weighted by Gasteiger charge is 2.37. The van der Waals surface area contributed by atoms with E-state index >= 15 is 0 Å². The Bertz CT molecular complexity index is 668. The minimum atomic E-state index is -0.601. The largest absolute Gasteiger partial charge is 0.357 e. The summed E-state index contributed by atoms with van der Waals surface area (Å²) in [7, 11) is 1.56.